The van der Waals surface area contributed by atoms with Gasteiger partial charge in [0.25, 0.3) is 20.0 Å². The van der Waals surface area contributed by atoms with Crippen LogP contribution in [-0.4, -0.2) is 170 Å². The molecule has 7 rings (SSSR count). The average molecular weight is 1260 g/mol. The molecule has 4 aliphatic heterocycles. The van der Waals surface area contributed by atoms with Gasteiger partial charge in [-0.15, -0.1) is 0 Å². The quantitative estimate of drug-likeness (QED) is 0.0830. The number of urea groups is 2. The number of hydrogen-bond acceptors (Lipinski definition) is 15. The van der Waals surface area contributed by atoms with E-state index < -0.39 is 48.4 Å². The largest absolute Gasteiger partial charge is 1.00 e. The smallest absolute Gasteiger partial charge is 0.351 e. The highest BCUT2D eigenvalue weighted by atomic mass is 35.5. The van der Waals surface area contributed by atoms with E-state index in [0.29, 0.717) is 38.6 Å². The van der Waals surface area contributed by atoms with Crippen LogP contribution >= 0.6 is 46.4 Å². The molecule has 21 nitrogen and oxygen atoms in total. The van der Waals surface area contributed by atoms with Crippen molar-refractivity contribution in [3.63, 3.8) is 0 Å². The summed E-state index contributed by atoms with van der Waals surface area (Å²) in [5, 5.41) is 20.5. The monoisotopic (exact) mass is 1260 g/mol. The van der Waals surface area contributed by atoms with Crippen molar-refractivity contribution in [2.24, 2.45) is 33.1 Å². The molecule has 4 unspecified atom stereocenters. The van der Waals surface area contributed by atoms with Crippen LogP contribution < -0.4 is 31.9 Å². The number of hydrazone groups is 3. The number of nitrogens with zero attached hydrogens (tertiary/aromatic N) is 9. The second kappa shape index (κ2) is 35.5. The molecule has 0 aromatic heterocycles. The van der Waals surface area contributed by atoms with Gasteiger partial charge in [-0.25, -0.2) is 54.3 Å². The molecule has 0 spiro atoms. The fourth-order valence-electron chi connectivity index (χ4n) is 7.19. The van der Waals surface area contributed by atoms with E-state index in [0.717, 1.165) is 60.8 Å². The molecule has 0 aliphatic carbocycles. The number of carbonyl (C=O) groups is 2. The molecule has 4 heterocycles. The lowest BCUT2D eigenvalue weighted by molar-refractivity contribution is -0.484. The maximum atomic E-state index is 12.8. The summed E-state index contributed by atoms with van der Waals surface area (Å²) >= 11 is 23.5. The van der Waals surface area contributed by atoms with Crippen molar-refractivity contribution in [1.29, 1.82) is 0 Å². The van der Waals surface area contributed by atoms with Gasteiger partial charge in [0.2, 0.25) is 10.0 Å². The van der Waals surface area contributed by atoms with Gasteiger partial charge in [-0.2, -0.15) is 20.0 Å². The Balaban J connectivity index is 0.000000527. The van der Waals surface area contributed by atoms with Crippen LogP contribution in [-0.2, 0) is 30.1 Å². The van der Waals surface area contributed by atoms with Crippen molar-refractivity contribution in [1.82, 2.24) is 44.3 Å². The summed E-state index contributed by atoms with van der Waals surface area (Å²) in [7, 11) is -7.77. The van der Waals surface area contributed by atoms with Crippen LogP contribution in [0.25, 0.3) is 0 Å². The first kappa shape index (κ1) is 72.7. The van der Waals surface area contributed by atoms with E-state index >= 15 is 0 Å². The maximum Gasteiger partial charge on any atom is 0.351 e. The Morgan fingerprint density at radius 3 is 1.27 bits per heavy atom. The standard InChI is InChI=1S/C16H25ClN4O2S.2C12H14ClN3O3S.C5H10ClN2.C4H11N.CH4.ClH/c1-4-13-11-18-21(12-13)16(20(5-2)6-3)19-24(22,23)15-10-8-7-9-14(15)17;2*1-2-9-7-14-16(8-9)12(17)15-20(18,19)11-6-4-3-5-10(11)13;1-7-3-4-8(2)5(7)6;1-3-5-4-2;;/h7-11,13,16,19H,4-6,12H2,1-3H3;2*3-7,9H,2,8H2,1H3,(H,15,17);3-4H2,1-2H3;5H,3-4H2,1-2H3;1H4;1H/q;;;+1;;;/p-1. The van der Waals surface area contributed by atoms with Crippen LogP contribution in [0.4, 0.5) is 9.59 Å². The summed E-state index contributed by atoms with van der Waals surface area (Å²) in [6.45, 7) is 21.4. The van der Waals surface area contributed by atoms with E-state index in [-0.39, 0.29) is 61.4 Å². The minimum absolute atomic E-state index is 0. The number of hydrogen-bond donors (Lipinski definition) is 4. The molecule has 0 saturated heterocycles. The molecule has 3 aromatic rings. The summed E-state index contributed by atoms with van der Waals surface area (Å²) in [6.07, 6.45) is 7.29. The Hall–Kier alpha value is -4.34. The zero-order chi connectivity index (χ0) is 57.5. The van der Waals surface area contributed by atoms with Gasteiger partial charge in [-0.3, -0.25) is 19.4 Å². The number of carbonyl (C=O) groups excluding carboxylic acids is 2. The lowest BCUT2D eigenvalue weighted by Gasteiger charge is -2.36. The molecule has 4 atom stereocenters. The highest BCUT2D eigenvalue weighted by molar-refractivity contribution is 7.90. The van der Waals surface area contributed by atoms with E-state index in [9.17, 15) is 34.8 Å². The highest BCUT2D eigenvalue weighted by Gasteiger charge is 2.33. The van der Waals surface area contributed by atoms with Gasteiger partial charge in [-0.05, 0) is 81.8 Å². The van der Waals surface area contributed by atoms with Crippen molar-refractivity contribution in [2.75, 3.05) is 73.0 Å². The van der Waals surface area contributed by atoms with Gasteiger partial charge in [0, 0.05) is 54.5 Å². The van der Waals surface area contributed by atoms with E-state index in [1.807, 2.05) is 71.8 Å². The van der Waals surface area contributed by atoms with Crippen molar-refractivity contribution in [2.45, 2.75) is 96.1 Å². The molecule has 29 heteroatoms. The third-order valence-electron chi connectivity index (χ3n) is 12.0. The number of sulfonamides is 3. The minimum Gasteiger partial charge on any atom is -1.00 e. The van der Waals surface area contributed by atoms with Gasteiger partial charge in [0.1, 0.15) is 27.8 Å². The summed E-state index contributed by atoms with van der Waals surface area (Å²) in [5.41, 5.74) is 0. The first-order valence-corrected chi connectivity index (χ1v) is 31.1. The number of benzene rings is 3. The first-order valence-electron chi connectivity index (χ1n) is 25.2. The molecule has 4 N–H and O–H groups in total. The first-order chi connectivity index (χ1) is 36.4. The number of amides is 4. The second-order valence-corrected chi connectivity index (χ2v) is 24.0. The Morgan fingerprint density at radius 2 is 0.987 bits per heavy atom. The Labute approximate surface area is 495 Å². The molecule has 0 radical (unpaired) electrons. The summed E-state index contributed by atoms with van der Waals surface area (Å²) in [4.78, 5) is 27.6. The molecule has 3 aromatic carbocycles. The third kappa shape index (κ3) is 22.5. The second-order valence-electron chi connectivity index (χ2n) is 17.5. The lowest BCUT2D eigenvalue weighted by Crippen LogP contribution is -3.00. The van der Waals surface area contributed by atoms with Gasteiger partial charge in [0.15, 0.2) is 6.29 Å². The van der Waals surface area contributed by atoms with Crippen LogP contribution in [0.1, 0.15) is 75.2 Å². The van der Waals surface area contributed by atoms with E-state index in [4.69, 9.17) is 46.4 Å². The van der Waals surface area contributed by atoms with Crippen molar-refractivity contribution < 1.29 is 51.8 Å². The molecule has 4 amide bonds. The molecule has 0 saturated carbocycles. The van der Waals surface area contributed by atoms with Gasteiger partial charge < -0.3 is 17.7 Å². The van der Waals surface area contributed by atoms with Crippen molar-refractivity contribution in [3.8, 4) is 0 Å². The van der Waals surface area contributed by atoms with E-state index in [2.05, 4.69) is 46.1 Å². The van der Waals surface area contributed by atoms with Crippen LogP contribution in [0, 0.1) is 17.8 Å². The zero-order valence-electron chi connectivity index (χ0n) is 45.4. The van der Waals surface area contributed by atoms with Gasteiger partial charge >= 0.3 is 17.4 Å². The van der Waals surface area contributed by atoms with Crippen LogP contribution in [0.3, 0.4) is 0 Å². The number of amidine groups is 1. The minimum atomic E-state index is -4.00. The van der Waals surface area contributed by atoms with Gasteiger partial charge in [-0.1, -0.05) is 127 Å². The molecule has 79 heavy (non-hydrogen) atoms. The third-order valence-corrected chi connectivity index (χ3v) is 18.1. The van der Waals surface area contributed by atoms with E-state index in [1.54, 1.807) is 47.8 Å². The fraction of sp³-hybridized carbons (Fsp3) is 0.520. The fourth-order valence-corrected chi connectivity index (χ4v) is 12.0. The SMILES string of the molecule is C.CCC1C=NN(C(=O)NS(=O)(=O)c2ccccc2Cl)C1.CCC1C=NN(C(=O)NS(=O)(=O)c2ccccc2Cl)C1.CCC1C=NN(C(NS(=O)(=O)c2ccccc2Cl)N(CC)CC)C1.CCNCC.CN1CC[N+](C)=C1Cl.[Cl-]. The lowest BCUT2D eigenvalue weighted by atomic mass is 10.1. The molecular weight excluding hydrogens is 1180 g/mol. The van der Waals surface area contributed by atoms with Crippen LogP contribution in [0.15, 0.2) is 103 Å². The maximum absolute atomic E-state index is 12.8. The molecule has 444 valence electrons. The number of halogens is 5. The molecule has 0 bridgehead atoms. The summed E-state index contributed by atoms with van der Waals surface area (Å²) < 4.78 is 82.6. The Morgan fingerprint density at radius 1 is 0.620 bits per heavy atom. The molecule has 0 fully saturated rings. The predicted octanol–water partition coefficient (Wildman–Crippen LogP) is 5.13. The number of rotatable bonds is 16. The Bertz CT molecular complexity index is 2750. The highest BCUT2D eigenvalue weighted by Crippen LogP contribution is 2.25. The topological polar surface area (TPSA) is 241 Å². The zero-order valence-corrected chi connectivity index (χ0v) is 51.6. The van der Waals surface area contributed by atoms with Crippen LogP contribution in [0.5, 0.6) is 0 Å². The summed E-state index contributed by atoms with van der Waals surface area (Å²) in [6, 6.07) is 16.7. The Kier molecular flexibility index (Phi) is 32.7. The van der Waals surface area contributed by atoms with Crippen molar-refractivity contribution in [3.05, 3.63) is 87.9 Å². The number of likely N-dealkylation sites (N-methyl/N-ethyl adjacent to an activating group) is 2. The van der Waals surface area contributed by atoms with Crippen LogP contribution in [0.2, 0.25) is 15.1 Å². The predicted molar refractivity (Wildman–Crippen MR) is 315 cm³/mol. The average Bonchev–Trinajstić information content (AvgIpc) is 4.25. The molecule has 4 aliphatic rings. The van der Waals surface area contributed by atoms with Gasteiger partial charge in [0.05, 0.1) is 42.3 Å². The summed E-state index contributed by atoms with van der Waals surface area (Å²) in [5.74, 6) is 0.653. The molecular formula is C50H78Cl5N13O8S3. The van der Waals surface area contributed by atoms with Crippen molar-refractivity contribution >= 4 is 112 Å². The normalized spacial score (nSPS) is 17.7. The number of nitrogens with one attached hydrogen (secondary N) is 4. The van der Waals surface area contributed by atoms with E-state index in [1.165, 1.54) is 42.5 Å².